The molecule has 2 rings (SSSR count). The zero-order chi connectivity index (χ0) is 16.5. The Hall–Kier alpha value is -2.68. The summed E-state index contributed by atoms with van der Waals surface area (Å²) in [7, 11) is -2.30. The van der Waals surface area contributed by atoms with Gasteiger partial charge >= 0.3 is 5.97 Å². The van der Waals surface area contributed by atoms with E-state index in [2.05, 4.69) is 5.10 Å². The molecular weight excluding hydrogens is 312 g/mol. The van der Waals surface area contributed by atoms with Crippen molar-refractivity contribution >= 4 is 15.8 Å². The molecule has 2 aromatic rings. The summed E-state index contributed by atoms with van der Waals surface area (Å²) in [4.78, 5) is 21.9. The highest BCUT2D eigenvalue weighted by molar-refractivity contribution is 7.90. The van der Waals surface area contributed by atoms with Crippen molar-refractivity contribution in [2.24, 2.45) is 7.05 Å². The molecular formula is C13H12N2O6S. The second kappa shape index (κ2) is 5.60. The van der Waals surface area contributed by atoms with E-state index in [-0.39, 0.29) is 27.6 Å². The minimum absolute atomic E-state index is 0.00933. The zero-order valence-electron chi connectivity index (χ0n) is 11.7. The molecule has 0 amide bonds. The van der Waals surface area contributed by atoms with Gasteiger partial charge in [0.15, 0.2) is 9.84 Å². The maximum Gasteiger partial charge on any atom is 0.335 e. The summed E-state index contributed by atoms with van der Waals surface area (Å²) in [5.74, 6) is -1.31. The smallest absolute Gasteiger partial charge is 0.335 e. The topological polar surface area (TPSA) is 116 Å². The highest BCUT2D eigenvalue weighted by Crippen LogP contribution is 2.28. The third kappa shape index (κ3) is 3.31. The Morgan fingerprint density at radius 2 is 1.95 bits per heavy atom. The SMILES string of the molecule is Cn1nc(Oc2ccc(C(=O)O)cc2S(C)(=O)=O)ccc1=O. The number of benzene rings is 1. The number of carbonyl (C=O) groups is 1. The quantitative estimate of drug-likeness (QED) is 0.879. The highest BCUT2D eigenvalue weighted by Gasteiger charge is 2.18. The molecule has 0 aliphatic rings. The molecule has 0 unspecified atom stereocenters. The van der Waals surface area contributed by atoms with Gasteiger partial charge in [-0.25, -0.2) is 17.9 Å². The van der Waals surface area contributed by atoms with Crippen molar-refractivity contribution in [2.45, 2.75) is 4.90 Å². The van der Waals surface area contributed by atoms with E-state index in [9.17, 15) is 18.0 Å². The lowest BCUT2D eigenvalue weighted by Gasteiger charge is -2.10. The van der Waals surface area contributed by atoms with Crippen molar-refractivity contribution in [3.05, 3.63) is 46.2 Å². The van der Waals surface area contributed by atoms with Crippen molar-refractivity contribution in [3.8, 4) is 11.6 Å². The lowest BCUT2D eigenvalue weighted by atomic mass is 10.2. The fraction of sp³-hybridized carbons (Fsp3) is 0.154. The van der Waals surface area contributed by atoms with Crippen LogP contribution in [0.4, 0.5) is 0 Å². The van der Waals surface area contributed by atoms with Gasteiger partial charge in [0.05, 0.1) is 5.56 Å². The molecule has 1 aromatic heterocycles. The minimum atomic E-state index is -3.71. The third-order valence-electron chi connectivity index (χ3n) is 2.74. The summed E-state index contributed by atoms with van der Waals surface area (Å²) in [6.07, 6.45) is 0.939. The number of nitrogens with zero attached hydrogens (tertiary/aromatic N) is 2. The van der Waals surface area contributed by atoms with Crippen LogP contribution in [0.3, 0.4) is 0 Å². The number of sulfone groups is 1. The van der Waals surface area contributed by atoms with E-state index < -0.39 is 15.8 Å². The van der Waals surface area contributed by atoms with Gasteiger partial charge in [-0.15, -0.1) is 5.10 Å². The largest absolute Gasteiger partial charge is 0.478 e. The van der Waals surface area contributed by atoms with E-state index in [4.69, 9.17) is 9.84 Å². The molecule has 22 heavy (non-hydrogen) atoms. The number of carboxylic acid groups (broad SMARTS) is 1. The summed E-state index contributed by atoms with van der Waals surface area (Å²) in [5.41, 5.74) is -0.530. The van der Waals surface area contributed by atoms with Gasteiger partial charge in [0, 0.05) is 25.4 Å². The predicted molar refractivity (Wildman–Crippen MR) is 76.1 cm³/mol. The average molecular weight is 324 g/mol. The summed E-state index contributed by atoms with van der Waals surface area (Å²) >= 11 is 0. The Balaban J connectivity index is 2.52. The van der Waals surface area contributed by atoms with Crippen molar-refractivity contribution in [1.82, 2.24) is 9.78 Å². The van der Waals surface area contributed by atoms with Gasteiger partial charge in [0.2, 0.25) is 5.88 Å². The van der Waals surface area contributed by atoms with Crippen molar-refractivity contribution in [1.29, 1.82) is 0 Å². The first kappa shape index (κ1) is 15.7. The molecule has 0 bridgehead atoms. The molecule has 1 N–H and O–H groups in total. The van der Waals surface area contributed by atoms with Gasteiger partial charge < -0.3 is 9.84 Å². The van der Waals surface area contributed by atoms with Crippen LogP contribution < -0.4 is 10.3 Å². The average Bonchev–Trinajstić information content (AvgIpc) is 2.42. The molecule has 1 aromatic carbocycles. The number of aryl methyl sites for hydroxylation is 1. The number of aromatic nitrogens is 2. The first-order chi connectivity index (χ1) is 10.2. The molecule has 1 heterocycles. The Labute approximate surface area is 125 Å². The van der Waals surface area contributed by atoms with Crippen molar-refractivity contribution < 1.29 is 23.1 Å². The van der Waals surface area contributed by atoms with E-state index in [0.29, 0.717) is 0 Å². The number of aromatic carboxylic acids is 1. The van der Waals surface area contributed by atoms with Crippen LogP contribution in [-0.4, -0.2) is 35.5 Å². The van der Waals surface area contributed by atoms with E-state index in [0.717, 1.165) is 17.0 Å². The number of carboxylic acids is 1. The number of hydrogen-bond acceptors (Lipinski definition) is 6. The van der Waals surface area contributed by atoms with Crippen LogP contribution in [0.2, 0.25) is 0 Å². The van der Waals surface area contributed by atoms with Crippen LogP contribution in [0.15, 0.2) is 40.0 Å². The fourth-order valence-corrected chi connectivity index (χ4v) is 2.48. The lowest BCUT2D eigenvalue weighted by molar-refractivity contribution is 0.0696. The summed E-state index contributed by atoms with van der Waals surface area (Å²) in [5, 5.41) is 12.8. The molecule has 0 saturated carbocycles. The maximum absolute atomic E-state index is 11.8. The van der Waals surface area contributed by atoms with Crippen LogP contribution >= 0.6 is 0 Å². The molecule has 0 fully saturated rings. The van der Waals surface area contributed by atoms with E-state index in [1.54, 1.807) is 0 Å². The first-order valence-electron chi connectivity index (χ1n) is 5.98. The molecule has 0 spiro atoms. The Morgan fingerprint density at radius 1 is 1.27 bits per heavy atom. The Morgan fingerprint density at radius 3 is 2.50 bits per heavy atom. The normalized spacial score (nSPS) is 11.2. The zero-order valence-corrected chi connectivity index (χ0v) is 12.5. The number of rotatable bonds is 4. The standard InChI is InChI=1S/C13H12N2O6S/c1-15-12(16)6-5-11(14-15)21-9-4-3-8(13(17)18)7-10(9)22(2,19)20/h3-7H,1-2H3,(H,17,18). The number of ether oxygens (including phenoxy) is 1. The van der Waals surface area contributed by atoms with Gasteiger partial charge in [-0.2, -0.15) is 0 Å². The fourth-order valence-electron chi connectivity index (χ4n) is 1.66. The third-order valence-corrected chi connectivity index (χ3v) is 3.86. The monoisotopic (exact) mass is 324 g/mol. The van der Waals surface area contributed by atoms with Crippen LogP contribution in [0.5, 0.6) is 11.6 Å². The second-order valence-electron chi connectivity index (χ2n) is 4.47. The lowest BCUT2D eigenvalue weighted by Crippen LogP contribution is -2.18. The Bertz CT molecular complexity index is 901. The van der Waals surface area contributed by atoms with Crippen LogP contribution in [0, 0.1) is 0 Å². The van der Waals surface area contributed by atoms with Crippen molar-refractivity contribution in [2.75, 3.05) is 6.26 Å². The first-order valence-corrected chi connectivity index (χ1v) is 7.87. The van der Waals surface area contributed by atoms with Crippen LogP contribution in [0.25, 0.3) is 0 Å². The van der Waals surface area contributed by atoms with E-state index in [1.165, 1.54) is 31.3 Å². The Kier molecular flexibility index (Phi) is 4.00. The molecule has 9 heteroatoms. The minimum Gasteiger partial charge on any atom is -0.478 e. The molecule has 0 atom stereocenters. The van der Waals surface area contributed by atoms with E-state index in [1.807, 2.05) is 0 Å². The molecule has 0 aliphatic heterocycles. The van der Waals surface area contributed by atoms with Crippen LogP contribution in [-0.2, 0) is 16.9 Å². The van der Waals surface area contributed by atoms with Crippen molar-refractivity contribution in [3.63, 3.8) is 0 Å². The summed E-state index contributed by atoms with van der Waals surface area (Å²) in [6.45, 7) is 0. The molecule has 8 nitrogen and oxygen atoms in total. The molecule has 116 valence electrons. The second-order valence-corrected chi connectivity index (χ2v) is 6.46. The van der Waals surface area contributed by atoms with Gasteiger partial charge in [-0.3, -0.25) is 4.79 Å². The summed E-state index contributed by atoms with van der Waals surface area (Å²) < 4.78 is 30.0. The van der Waals surface area contributed by atoms with E-state index >= 15 is 0 Å². The summed E-state index contributed by atoms with van der Waals surface area (Å²) in [6, 6.07) is 5.96. The van der Waals surface area contributed by atoms with Gasteiger partial charge in [-0.05, 0) is 18.2 Å². The molecule has 0 radical (unpaired) electrons. The highest BCUT2D eigenvalue weighted by atomic mass is 32.2. The van der Waals surface area contributed by atoms with Gasteiger partial charge in [0.25, 0.3) is 5.56 Å². The predicted octanol–water partition coefficient (Wildman–Crippen LogP) is 0.674. The number of hydrogen-bond donors (Lipinski definition) is 1. The van der Waals surface area contributed by atoms with Gasteiger partial charge in [0.1, 0.15) is 10.6 Å². The maximum atomic E-state index is 11.8. The van der Waals surface area contributed by atoms with Gasteiger partial charge in [-0.1, -0.05) is 0 Å². The molecule has 0 aliphatic carbocycles. The molecule has 0 saturated heterocycles. The van der Waals surface area contributed by atoms with Crippen LogP contribution in [0.1, 0.15) is 10.4 Å².